The lowest BCUT2D eigenvalue weighted by molar-refractivity contribution is -0.124. The number of carbonyl (C=O) groups is 1. The summed E-state index contributed by atoms with van der Waals surface area (Å²) in [7, 11) is -2.75. The second kappa shape index (κ2) is 3.65. The van der Waals surface area contributed by atoms with Crippen molar-refractivity contribution in [3.05, 3.63) is 0 Å². The third kappa shape index (κ3) is 2.99. The van der Waals surface area contributed by atoms with Crippen LogP contribution >= 0.6 is 0 Å². The van der Waals surface area contributed by atoms with E-state index in [4.69, 9.17) is 0 Å². The Labute approximate surface area is 78.6 Å². The molecule has 5 heteroatoms. The highest BCUT2D eigenvalue weighted by Gasteiger charge is 2.33. The van der Waals surface area contributed by atoms with Gasteiger partial charge in [-0.05, 0) is 0 Å². The van der Waals surface area contributed by atoms with Crippen LogP contribution < -0.4 is 5.32 Å². The molecule has 1 heterocycles. The summed E-state index contributed by atoms with van der Waals surface area (Å²) in [6.45, 7) is 4.12. The van der Waals surface area contributed by atoms with Crippen molar-refractivity contribution in [1.29, 1.82) is 0 Å². The molecule has 1 N–H and O–H groups in total. The summed E-state index contributed by atoms with van der Waals surface area (Å²) >= 11 is 0. The molecule has 1 amide bonds. The standard InChI is InChI=1S/C8H15NO3S/c1-6(2)8(10)9-3-7-4-13(11,12)5-7/h6-7H,3-5H2,1-2H3,(H,9,10). The minimum absolute atomic E-state index is 0.00991. The molecule has 0 atom stereocenters. The van der Waals surface area contributed by atoms with Crippen LogP contribution in [0.2, 0.25) is 0 Å². The molecule has 0 aromatic rings. The Balaban J connectivity index is 2.19. The van der Waals surface area contributed by atoms with Gasteiger partial charge in [-0.25, -0.2) is 8.42 Å². The zero-order valence-electron chi connectivity index (χ0n) is 7.91. The number of hydrogen-bond acceptors (Lipinski definition) is 3. The van der Waals surface area contributed by atoms with Gasteiger partial charge in [0.1, 0.15) is 0 Å². The molecule has 0 aliphatic carbocycles. The van der Waals surface area contributed by atoms with Gasteiger partial charge in [0.05, 0.1) is 11.5 Å². The van der Waals surface area contributed by atoms with Gasteiger partial charge in [-0.15, -0.1) is 0 Å². The lowest BCUT2D eigenvalue weighted by Crippen LogP contribution is -2.44. The molecule has 1 saturated heterocycles. The van der Waals surface area contributed by atoms with Gasteiger partial charge in [-0.3, -0.25) is 4.79 Å². The van der Waals surface area contributed by atoms with E-state index >= 15 is 0 Å². The summed E-state index contributed by atoms with van der Waals surface area (Å²) in [4.78, 5) is 11.1. The van der Waals surface area contributed by atoms with Crippen LogP contribution in [0.5, 0.6) is 0 Å². The number of sulfone groups is 1. The molecule has 0 bridgehead atoms. The predicted molar refractivity (Wildman–Crippen MR) is 50.0 cm³/mol. The van der Waals surface area contributed by atoms with Crippen molar-refractivity contribution < 1.29 is 13.2 Å². The Morgan fingerprint density at radius 1 is 1.46 bits per heavy atom. The van der Waals surface area contributed by atoms with E-state index in [9.17, 15) is 13.2 Å². The summed E-state index contributed by atoms with van der Waals surface area (Å²) in [5.41, 5.74) is 0. The normalized spacial score (nSPS) is 21.2. The van der Waals surface area contributed by atoms with E-state index in [0.29, 0.717) is 6.54 Å². The molecule has 1 aliphatic heterocycles. The van der Waals surface area contributed by atoms with Gasteiger partial charge in [-0.2, -0.15) is 0 Å². The van der Waals surface area contributed by atoms with Crippen molar-refractivity contribution in [3.8, 4) is 0 Å². The quantitative estimate of drug-likeness (QED) is 0.694. The molecule has 0 aromatic heterocycles. The second-order valence-electron chi connectivity index (χ2n) is 3.84. The predicted octanol–water partition coefficient (Wildman–Crippen LogP) is -0.197. The van der Waals surface area contributed by atoms with Gasteiger partial charge in [-0.1, -0.05) is 13.8 Å². The summed E-state index contributed by atoms with van der Waals surface area (Å²) in [5.74, 6) is 0.546. The third-order valence-electron chi connectivity index (χ3n) is 2.07. The summed E-state index contributed by atoms with van der Waals surface area (Å²) < 4.78 is 21.5. The highest BCUT2D eigenvalue weighted by molar-refractivity contribution is 7.92. The zero-order chi connectivity index (χ0) is 10.1. The summed E-state index contributed by atoms with van der Waals surface area (Å²) in [5, 5.41) is 2.72. The molecule has 0 aromatic carbocycles. The van der Waals surface area contributed by atoms with Gasteiger partial charge in [0.25, 0.3) is 0 Å². The van der Waals surface area contributed by atoms with Crippen molar-refractivity contribution in [2.24, 2.45) is 11.8 Å². The minimum atomic E-state index is -2.75. The molecule has 0 radical (unpaired) electrons. The summed E-state index contributed by atoms with van der Waals surface area (Å²) in [6.07, 6.45) is 0. The Morgan fingerprint density at radius 3 is 2.38 bits per heavy atom. The van der Waals surface area contributed by atoms with Gasteiger partial charge >= 0.3 is 0 Å². The van der Waals surface area contributed by atoms with Crippen LogP contribution in [-0.2, 0) is 14.6 Å². The first-order valence-corrected chi connectivity index (χ1v) is 6.21. The fraction of sp³-hybridized carbons (Fsp3) is 0.875. The van der Waals surface area contributed by atoms with E-state index in [1.807, 2.05) is 13.8 Å². The third-order valence-corrected chi connectivity index (χ3v) is 4.03. The van der Waals surface area contributed by atoms with Gasteiger partial charge in [0, 0.05) is 18.4 Å². The molecule has 0 unspecified atom stereocenters. The number of rotatable bonds is 3. The van der Waals surface area contributed by atoms with Gasteiger partial charge < -0.3 is 5.32 Å². The molecular weight excluding hydrogens is 190 g/mol. The molecule has 0 saturated carbocycles. The highest BCUT2D eigenvalue weighted by Crippen LogP contribution is 2.16. The first kappa shape index (κ1) is 10.5. The highest BCUT2D eigenvalue weighted by atomic mass is 32.2. The van der Waals surface area contributed by atoms with Crippen molar-refractivity contribution in [3.63, 3.8) is 0 Å². The first-order chi connectivity index (χ1) is 5.91. The van der Waals surface area contributed by atoms with Crippen LogP contribution in [0.1, 0.15) is 13.8 Å². The zero-order valence-corrected chi connectivity index (χ0v) is 8.73. The van der Waals surface area contributed by atoms with E-state index in [-0.39, 0.29) is 29.2 Å². The molecule has 76 valence electrons. The van der Waals surface area contributed by atoms with E-state index in [1.165, 1.54) is 0 Å². The van der Waals surface area contributed by atoms with Crippen LogP contribution in [0.3, 0.4) is 0 Å². The lowest BCUT2D eigenvalue weighted by Gasteiger charge is -2.25. The molecule has 1 rings (SSSR count). The fourth-order valence-electron chi connectivity index (χ4n) is 1.24. The molecular formula is C8H15NO3S. The number of carbonyl (C=O) groups excluding carboxylic acids is 1. The maximum absolute atomic E-state index is 11.1. The number of amides is 1. The van der Waals surface area contributed by atoms with Crippen LogP contribution in [-0.4, -0.2) is 32.4 Å². The average Bonchev–Trinajstić information content (AvgIpc) is 1.95. The molecule has 1 aliphatic rings. The topological polar surface area (TPSA) is 63.2 Å². The average molecular weight is 205 g/mol. The maximum atomic E-state index is 11.1. The Bertz CT molecular complexity index is 283. The molecule has 0 spiro atoms. The van der Waals surface area contributed by atoms with E-state index in [1.54, 1.807) is 0 Å². The molecule has 4 nitrogen and oxygen atoms in total. The Hall–Kier alpha value is -0.580. The summed E-state index contributed by atoms with van der Waals surface area (Å²) in [6, 6.07) is 0. The lowest BCUT2D eigenvalue weighted by atomic mass is 10.1. The monoisotopic (exact) mass is 205 g/mol. The largest absolute Gasteiger partial charge is 0.356 e. The van der Waals surface area contributed by atoms with Crippen molar-refractivity contribution in [2.45, 2.75) is 13.8 Å². The first-order valence-electron chi connectivity index (χ1n) is 4.39. The maximum Gasteiger partial charge on any atom is 0.222 e. The van der Waals surface area contributed by atoms with E-state index in [2.05, 4.69) is 5.32 Å². The fourth-order valence-corrected chi connectivity index (χ4v) is 2.81. The van der Waals surface area contributed by atoms with Crippen LogP contribution in [0.4, 0.5) is 0 Å². The Morgan fingerprint density at radius 2 is 2.00 bits per heavy atom. The van der Waals surface area contributed by atoms with Crippen LogP contribution in [0.15, 0.2) is 0 Å². The molecule has 1 fully saturated rings. The van der Waals surface area contributed by atoms with Crippen LogP contribution in [0, 0.1) is 11.8 Å². The SMILES string of the molecule is CC(C)C(=O)NCC1CS(=O)(=O)C1. The van der Waals surface area contributed by atoms with Crippen LogP contribution in [0.25, 0.3) is 0 Å². The van der Waals surface area contributed by atoms with E-state index in [0.717, 1.165) is 0 Å². The Kier molecular flexibility index (Phi) is 2.95. The van der Waals surface area contributed by atoms with Crippen molar-refractivity contribution in [2.75, 3.05) is 18.1 Å². The molecule has 13 heavy (non-hydrogen) atoms. The van der Waals surface area contributed by atoms with E-state index < -0.39 is 9.84 Å². The van der Waals surface area contributed by atoms with Gasteiger partial charge in [0.15, 0.2) is 9.84 Å². The minimum Gasteiger partial charge on any atom is -0.356 e. The number of hydrogen-bond donors (Lipinski definition) is 1. The smallest absolute Gasteiger partial charge is 0.222 e. The van der Waals surface area contributed by atoms with Crippen molar-refractivity contribution in [1.82, 2.24) is 5.32 Å². The second-order valence-corrected chi connectivity index (χ2v) is 6.00. The van der Waals surface area contributed by atoms with Gasteiger partial charge in [0.2, 0.25) is 5.91 Å². The van der Waals surface area contributed by atoms with Crippen molar-refractivity contribution >= 4 is 15.7 Å². The number of nitrogens with one attached hydrogen (secondary N) is 1.